The monoisotopic (exact) mass is 276 g/mol. The Morgan fingerprint density at radius 3 is 3.05 bits per heavy atom. The van der Waals surface area contributed by atoms with E-state index in [0.717, 1.165) is 32.0 Å². The van der Waals surface area contributed by atoms with E-state index < -0.39 is 0 Å². The fourth-order valence-corrected chi connectivity index (χ4v) is 2.98. The molecule has 112 valence electrons. The minimum Gasteiger partial charge on any atom is -0.358 e. The van der Waals surface area contributed by atoms with Crippen molar-refractivity contribution in [3.05, 3.63) is 23.9 Å². The maximum Gasteiger partial charge on any atom is 0.128 e. The fourth-order valence-electron chi connectivity index (χ4n) is 2.98. The van der Waals surface area contributed by atoms with Gasteiger partial charge in [-0.25, -0.2) is 4.98 Å². The third-order valence-corrected chi connectivity index (χ3v) is 4.17. The van der Waals surface area contributed by atoms with Gasteiger partial charge in [-0.1, -0.05) is 13.8 Å². The number of hydrogen-bond donors (Lipinski definition) is 1. The van der Waals surface area contributed by atoms with Gasteiger partial charge in [0.15, 0.2) is 0 Å². The number of nitrogens with zero attached hydrogens (tertiary/aromatic N) is 3. The summed E-state index contributed by atoms with van der Waals surface area (Å²) >= 11 is 0. The summed E-state index contributed by atoms with van der Waals surface area (Å²) in [5.74, 6) is 1.09. The predicted octanol–water partition coefficient (Wildman–Crippen LogP) is 2.11. The van der Waals surface area contributed by atoms with E-state index in [1.807, 2.05) is 6.20 Å². The van der Waals surface area contributed by atoms with Crippen LogP contribution in [0.1, 0.15) is 32.3 Å². The van der Waals surface area contributed by atoms with Crippen LogP contribution in [0.2, 0.25) is 0 Å². The Morgan fingerprint density at radius 1 is 1.45 bits per heavy atom. The lowest BCUT2D eigenvalue weighted by molar-refractivity contribution is 0.270. The maximum absolute atomic E-state index is 4.52. The average molecular weight is 276 g/mol. The van der Waals surface area contributed by atoms with Crippen molar-refractivity contribution in [1.82, 2.24) is 15.2 Å². The molecule has 0 amide bonds. The predicted molar refractivity (Wildman–Crippen MR) is 85.2 cm³/mol. The number of nitrogens with one attached hydrogen (secondary N) is 1. The second kappa shape index (κ2) is 7.60. The van der Waals surface area contributed by atoms with Crippen molar-refractivity contribution in [2.45, 2.75) is 39.3 Å². The molecular formula is C16H28N4. The lowest BCUT2D eigenvalue weighted by atomic mass is 10.2. The highest BCUT2D eigenvalue weighted by Gasteiger charge is 2.24. The van der Waals surface area contributed by atoms with Crippen LogP contribution in [0.3, 0.4) is 0 Å². The van der Waals surface area contributed by atoms with Crippen LogP contribution in [0, 0.1) is 0 Å². The maximum atomic E-state index is 4.52. The average Bonchev–Trinajstić information content (AvgIpc) is 2.92. The number of likely N-dealkylation sites (N-methyl/N-ethyl adjacent to an activating group) is 2. The first-order valence-electron chi connectivity index (χ1n) is 7.85. The zero-order valence-electron chi connectivity index (χ0n) is 13.1. The quantitative estimate of drug-likeness (QED) is 0.826. The van der Waals surface area contributed by atoms with E-state index >= 15 is 0 Å². The van der Waals surface area contributed by atoms with E-state index in [9.17, 15) is 0 Å². The highest BCUT2D eigenvalue weighted by Crippen LogP contribution is 2.19. The van der Waals surface area contributed by atoms with Gasteiger partial charge >= 0.3 is 0 Å². The van der Waals surface area contributed by atoms with E-state index in [4.69, 9.17) is 0 Å². The van der Waals surface area contributed by atoms with E-state index in [0.29, 0.717) is 6.04 Å². The molecule has 0 saturated carbocycles. The summed E-state index contributed by atoms with van der Waals surface area (Å²) in [4.78, 5) is 9.40. The number of anilines is 1. The smallest absolute Gasteiger partial charge is 0.128 e. The minimum atomic E-state index is 0.684. The summed E-state index contributed by atoms with van der Waals surface area (Å²) in [5.41, 5.74) is 1.31. The molecule has 4 heteroatoms. The van der Waals surface area contributed by atoms with E-state index in [2.05, 4.69) is 53.1 Å². The van der Waals surface area contributed by atoms with Gasteiger partial charge in [-0.3, -0.25) is 4.90 Å². The normalized spacial score (nSPS) is 19.4. The number of rotatable bonds is 7. The van der Waals surface area contributed by atoms with E-state index in [1.165, 1.54) is 24.9 Å². The van der Waals surface area contributed by atoms with E-state index in [1.54, 1.807) is 0 Å². The summed E-state index contributed by atoms with van der Waals surface area (Å²) < 4.78 is 0. The Hall–Kier alpha value is -1.13. The molecule has 1 aromatic heterocycles. The van der Waals surface area contributed by atoms with Gasteiger partial charge in [0.2, 0.25) is 0 Å². The van der Waals surface area contributed by atoms with Crippen LogP contribution in [0.25, 0.3) is 0 Å². The SMILES string of the molecule is CCNCc1ccnc(N(C)CC2CCCN2CC)c1. The second-order valence-corrected chi connectivity index (χ2v) is 5.61. The highest BCUT2D eigenvalue weighted by atomic mass is 15.2. The van der Waals surface area contributed by atoms with Crippen LogP contribution < -0.4 is 10.2 Å². The first-order valence-corrected chi connectivity index (χ1v) is 7.85. The van der Waals surface area contributed by atoms with Gasteiger partial charge in [0.1, 0.15) is 5.82 Å². The van der Waals surface area contributed by atoms with Gasteiger partial charge in [0.25, 0.3) is 0 Å². The molecule has 1 unspecified atom stereocenters. The molecule has 0 aliphatic carbocycles. The van der Waals surface area contributed by atoms with Gasteiger partial charge in [0, 0.05) is 32.4 Å². The molecule has 1 aliphatic rings. The lowest BCUT2D eigenvalue weighted by Gasteiger charge is -2.28. The van der Waals surface area contributed by atoms with Gasteiger partial charge in [-0.2, -0.15) is 0 Å². The minimum absolute atomic E-state index is 0.684. The first kappa shape index (κ1) is 15.3. The summed E-state index contributed by atoms with van der Waals surface area (Å²) in [6, 6.07) is 4.98. The van der Waals surface area contributed by atoms with Crippen LogP contribution in [-0.2, 0) is 6.54 Å². The molecule has 1 fully saturated rings. The lowest BCUT2D eigenvalue weighted by Crippen LogP contribution is -2.39. The Morgan fingerprint density at radius 2 is 2.30 bits per heavy atom. The topological polar surface area (TPSA) is 31.4 Å². The van der Waals surface area contributed by atoms with Gasteiger partial charge in [0.05, 0.1) is 0 Å². The van der Waals surface area contributed by atoms with E-state index in [-0.39, 0.29) is 0 Å². The number of aromatic nitrogens is 1. The summed E-state index contributed by atoms with van der Waals surface area (Å²) in [6.07, 6.45) is 4.57. The van der Waals surface area contributed by atoms with Gasteiger partial charge < -0.3 is 10.2 Å². The Balaban J connectivity index is 1.96. The molecule has 4 nitrogen and oxygen atoms in total. The van der Waals surface area contributed by atoms with Crippen molar-refractivity contribution in [1.29, 1.82) is 0 Å². The number of pyridine rings is 1. The van der Waals surface area contributed by atoms with Gasteiger partial charge in [-0.05, 0) is 50.2 Å². The Bertz CT molecular complexity index is 407. The zero-order valence-corrected chi connectivity index (χ0v) is 13.1. The highest BCUT2D eigenvalue weighted by molar-refractivity contribution is 5.40. The van der Waals surface area contributed by atoms with Crippen molar-refractivity contribution in [3.63, 3.8) is 0 Å². The molecular weight excluding hydrogens is 248 g/mol. The first-order chi connectivity index (χ1) is 9.74. The summed E-state index contributed by atoms with van der Waals surface area (Å²) in [7, 11) is 2.16. The molecule has 0 radical (unpaired) electrons. The molecule has 1 N–H and O–H groups in total. The van der Waals surface area contributed by atoms with Crippen LogP contribution in [0.5, 0.6) is 0 Å². The van der Waals surface area contributed by atoms with Crippen LogP contribution in [-0.4, -0.2) is 49.2 Å². The molecule has 1 aliphatic heterocycles. The largest absolute Gasteiger partial charge is 0.358 e. The van der Waals surface area contributed by atoms with Crippen LogP contribution >= 0.6 is 0 Å². The third kappa shape index (κ3) is 3.93. The summed E-state index contributed by atoms with van der Waals surface area (Å²) in [6.45, 7) is 9.80. The van der Waals surface area contributed by atoms with Crippen molar-refractivity contribution >= 4 is 5.82 Å². The molecule has 20 heavy (non-hydrogen) atoms. The molecule has 2 rings (SSSR count). The number of likely N-dealkylation sites (tertiary alicyclic amines) is 1. The molecule has 0 spiro atoms. The molecule has 1 saturated heterocycles. The fraction of sp³-hybridized carbons (Fsp3) is 0.688. The molecule has 0 bridgehead atoms. The van der Waals surface area contributed by atoms with Crippen molar-refractivity contribution in [2.75, 3.05) is 38.1 Å². The van der Waals surface area contributed by atoms with Crippen LogP contribution in [0.4, 0.5) is 5.82 Å². The van der Waals surface area contributed by atoms with Crippen molar-refractivity contribution in [2.24, 2.45) is 0 Å². The molecule has 1 aromatic rings. The van der Waals surface area contributed by atoms with Crippen molar-refractivity contribution in [3.8, 4) is 0 Å². The molecule has 1 atom stereocenters. The Kier molecular flexibility index (Phi) is 5.80. The molecule has 0 aromatic carbocycles. The van der Waals surface area contributed by atoms with Crippen molar-refractivity contribution < 1.29 is 0 Å². The summed E-state index contributed by atoms with van der Waals surface area (Å²) in [5, 5.41) is 3.37. The molecule has 2 heterocycles. The van der Waals surface area contributed by atoms with Crippen LogP contribution in [0.15, 0.2) is 18.3 Å². The Labute approximate surface area is 123 Å². The van der Waals surface area contributed by atoms with Gasteiger partial charge in [-0.15, -0.1) is 0 Å². The third-order valence-electron chi connectivity index (χ3n) is 4.17. The number of hydrogen-bond acceptors (Lipinski definition) is 4. The second-order valence-electron chi connectivity index (χ2n) is 5.61. The standard InChI is InChI=1S/C16H28N4/c1-4-17-12-14-8-9-18-16(11-14)19(3)13-15-7-6-10-20(15)5-2/h8-9,11,15,17H,4-7,10,12-13H2,1-3H3. The zero-order chi connectivity index (χ0) is 14.4.